The Hall–Kier alpha value is -0.120. The van der Waals surface area contributed by atoms with Crippen molar-refractivity contribution in [3.8, 4) is 0 Å². The fourth-order valence-electron chi connectivity index (χ4n) is 2.68. The minimum absolute atomic E-state index is 0.507. The molecule has 0 aromatic rings. The van der Waals surface area contributed by atoms with E-state index in [2.05, 4.69) is 25.7 Å². The van der Waals surface area contributed by atoms with Gasteiger partial charge >= 0.3 is 0 Å². The number of rotatable bonds is 6. The maximum absolute atomic E-state index is 5.96. The van der Waals surface area contributed by atoms with Crippen LogP contribution in [0.3, 0.4) is 0 Å². The monoisotopic (exact) mass is 228 g/mol. The van der Waals surface area contributed by atoms with Crippen molar-refractivity contribution in [1.82, 2.24) is 4.90 Å². The minimum atomic E-state index is 0.507. The van der Waals surface area contributed by atoms with E-state index in [4.69, 9.17) is 10.5 Å². The number of hydrogen-bond acceptors (Lipinski definition) is 3. The summed E-state index contributed by atoms with van der Waals surface area (Å²) >= 11 is 0. The van der Waals surface area contributed by atoms with Crippen molar-refractivity contribution in [3.05, 3.63) is 0 Å². The van der Waals surface area contributed by atoms with Crippen molar-refractivity contribution in [1.29, 1.82) is 0 Å². The van der Waals surface area contributed by atoms with E-state index in [1.807, 2.05) is 0 Å². The standard InChI is InChI=1S/C13H28N2O/c1-4-15(9-11(2)3)13(8-14)12-6-5-7-16-10-12/h11-13H,4-10,14H2,1-3H3. The lowest BCUT2D eigenvalue weighted by molar-refractivity contribution is 0.00972. The summed E-state index contributed by atoms with van der Waals surface area (Å²) in [7, 11) is 0. The van der Waals surface area contributed by atoms with Gasteiger partial charge in [0, 0.05) is 25.7 Å². The summed E-state index contributed by atoms with van der Waals surface area (Å²) < 4.78 is 5.58. The van der Waals surface area contributed by atoms with Crippen molar-refractivity contribution in [2.24, 2.45) is 17.6 Å². The van der Waals surface area contributed by atoms with E-state index in [1.54, 1.807) is 0 Å². The SMILES string of the molecule is CCN(CC(C)C)C(CN)C1CCCOC1. The Morgan fingerprint density at radius 3 is 2.62 bits per heavy atom. The Kier molecular flexibility index (Phi) is 6.32. The summed E-state index contributed by atoms with van der Waals surface area (Å²) in [5.74, 6) is 1.34. The van der Waals surface area contributed by atoms with Gasteiger partial charge in [-0.15, -0.1) is 0 Å². The van der Waals surface area contributed by atoms with E-state index in [-0.39, 0.29) is 0 Å². The molecule has 0 spiro atoms. The van der Waals surface area contributed by atoms with Crippen LogP contribution in [0.1, 0.15) is 33.6 Å². The fraction of sp³-hybridized carbons (Fsp3) is 1.00. The predicted octanol–water partition coefficient (Wildman–Crippen LogP) is 1.72. The van der Waals surface area contributed by atoms with Crippen LogP contribution in [0.4, 0.5) is 0 Å². The summed E-state index contributed by atoms with van der Waals surface area (Å²) in [5.41, 5.74) is 5.96. The van der Waals surface area contributed by atoms with Gasteiger partial charge in [0.25, 0.3) is 0 Å². The molecule has 1 aliphatic rings. The third-order valence-corrected chi connectivity index (χ3v) is 3.46. The normalized spacial score (nSPS) is 24.0. The highest BCUT2D eigenvalue weighted by molar-refractivity contribution is 4.82. The van der Waals surface area contributed by atoms with Crippen LogP contribution in [0, 0.1) is 11.8 Å². The van der Waals surface area contributed by atoms with Gasteiger partial charge in [-0.25, -0.2) is 0 Å². The summed E-state index contributed by atoms with van der Waals surface area (Å²) in [6.45, 7) is 11.6. The van der Waals surface area contributed by atoms with E-state index in [1.165, 1.54) is 12.8 Å². The molecule has 1 rings (SSSR count). The van der Waals surface area contributed by atoms with Crippen LogP contribution >= 0.6 is 0 Å². The molecule has 1 aliphatic heterocycles. The second-order valence-corrected chi connectivity index (χ2v) is 5.26. The lowest BCUT2D eigenvalue weighted by atomic mass is 9.92. The summed E-state index contributed by atoms with van der Waals surface area (Å²) in [6, 6.07) is 0.507. The molecular formula is C13H28N2O. The Morgan fingerprint density at radius 2 is 2.19 bits per heavy atom. The second-order valence-electron chi connectivity index (χ2n) is 5.26. The van der Waals surface area contributed by atoms with Crippen LogP contribution < -0.4 is 5.73 Å². The molecule has 0 aromatic carbocycles. The van der Waals surface area contributed by atoms with Crippen molar-refractivity contribution in [3.63, 3.8) is 0 Å². The van der Waals surface area contributed by atoms with Gasteiger partial charge in [0.2, 0.25) is 0 Å². The van der Waals surface area contributed by atoms with Gasteiger partial charge in [0.05, 0.1) is 6.61 Å². The van der Waals surface area contributed by atoms with Crippen molar-refractivity contribution < 1.29 is 4.74 Å². The Labute approximate surface area is 100 Å². The second kappa shape index (κ2) is 7.25. The molecule has 1 heterocycles. The largest absolute Gasteiger partial charge is 0.381 e. The molecule has 0 aliphatic carbocycles. The summed E-state index contributed by atoms with van der Waals surface area (Å²) in [5, 5.41) is 0. The van der Waals surface area contributed by atoms with Gasteiger partial charge < -0.3 is 10.5 Å². The van der Waals surface area contributed by atoms with Crippen molar-refractivity contribution in [2.75, 3.05) is 32.8 Å². The third-order valence-electron chi connectivity index (χ3n) is 3.46. The molecule has 2 unspecified atom stereocenters. The minimum Gasteiger partial charge on any atom is -0.381 e. The van der Waals surface area contributed by atoms with Crippen molar-refractivity contribution in [2.45, 2.75) is 39.7 Å². The smallest absolute Gasteiger partial charge is 0.0509 e. The topological polar surface area (TPSA) is 38.5 Å². The van der Waals surface area contributed by atoms with E-state index < -0.39 is 0 Å². The zero-order chi connectivity index (χ0) is 12.0. The molecule has 0 radical (unpaired) electrons. The van der Waals surface area contributed by atoms with Crippen molar-refractivity contribution >= 4 is 0 Å². The highest BCUT2D eigenvalue weighted by atomic mass is 16.5. The third kappa shape index (κ3) is 4.04. The molecule has 3 nitrogen and oxygen atoms in total. The van der Waals surface area contributed by atoms with Gasteiger partial charge in [0.1, 0.15) is 0 Å². The van der Waals surface area contributed by atoms with Crippen LogP contribution in [0.15, 0.2) is 0 Å². The van der Waals surface area contributed by atoms with Crippen LogP contribution in [0.25, 0.3) is 0 Å². The average molecular weight is 228 g/mol. The quantitative estimate of drug-likeness (QED) is 0.752. The fourth-order valence-corrected chi connectivity index (χ4v) is 2.68. The zero-order valence-corrected chi connectivity index (χ0v) is 11.1. The highest BCUT2D eigenvalue weighted by Gasteiger charge is 2.27. The van der Waals surface area contributed by atoms with E-state index in [0.717, 1.165) is 32.8 Å². The number of hydrogen-bond donors (Lipinski definition) is 1. The van der Waals surface area contributed by atoms with Crippen LogP contribution in [0.2, 0.25) is 0 Å². The first kappa shape index (κ1) is 13.9. The Balaban J connectivity index is 2.54. The predicted molar refractivity (Wildman–Crippen MR) is 68.5 cm³/mol. The van der Waals surface area contributed by atoms with E-state index in [0.29, 0.717) is 17.9 Å². The maximum atomic E-state index is 5.96. The maximum Gasteiger partial charge on any atom is 0.0509 e. The molecule has 96 valence electrons. The molecule has 1 fully saturated rings. The van der Waals surface area contributed by atoms with Gasteiger partial charge in [-0.1, -0.05) is 20.8 Å². The van der Waals surface area contributed by atoms with E-state index >= 15 is 0 Å². The highest BCUT2D eigenvalue weighted by Crippen LogP contribution is 2.21. The average Bonchev–Trinajstić information content (AvgIpc) is 2.29. The number of nitrogens with two attached hydrogens (primary N) is 1. The number of nitrogens with zero attached hydrogens (tertiary/aromatic N) is 1. The number of ether oxygens (including phenoxy) is 1. The summed E-state index contributed by atoms with van der Waals surface area (Å²) in [4.78, 5) is 2.53. The molecule has 0 saturated carbocycles. The lowest BCUT2D eigenvalue weighted by Gasteiger charge is -2.38. The van der Waals surface area contributed by atoms with Gasteiger partial charge in [-0.2, -0.15) is 0 Å². The first-order valence-corrected chi connectivity index (χ1v) is 6.70. The zero-order valence-electron chi connectivity index (χ0n) is 11.1. The number of likely N-dealkylation sites (N-methyl/N-ethyl adjacent to an activating group) is 1. The van der Waals surface area contributed by atoms with Crippen LogP contribution in [-0.4, -0.2) is 43.8 Å². The van der Waals surface area contributed by atoms with Gasteiger partial charge in [0.15, 0.2) is 0 Å². The molecule has 0 amide bonds. The lowest BCUT2D eigenvalue weighted by Crippen LogP contribution is -2.49. The molecule has 2 N–H and O–H groups in total. The molecule has 16 heavy (non-hydrogen) atoms. The summed E-state index contributed by atoms with van der Waals surface area (Å²) in [6.07, 6.45) is 2.47. The molecule has 1 saturated heterocycles. The first-order valence-electron chi connectivity index (χ1n) is 6.70. The van der Waals surface area contributed by atoms with Gasteiger partial charge in [-0.05, 0) is 31.2 Å². The Bertz CT molecular complexity index is 179. The van der Waals surface area contributed by atoms with Crippen LogP contribution in [-0.2, 0) is 4.74 Å². The molecule has 3 heteroatoms. The molecule has 0 aromatic heterocycles. The van der Waals surface area contributed by atoms with E-state index in [9.17, 15) is 0 Å². The van der Waals surface area contributed by atoms with Gasteiger partial charge in [-0.3, -0.25) is 4.90 Å². The molecule has 0 bridgehead atoms. The Morgan fingerprint density at radius 1 is 1.44 bits per heavy atom. The first-order chi connectivity index (χ1) is 7.69. The van der Waals surface area contributed by atoms with Crippen LogP contribution in [0.5, 0.6) is 0 Å². The molecule has 2 atom stereocenters. The molecular weight excluding hydrogens is 200 g/mol.